The molecule has 1 heterocycles. The number of carbonyl (C=O) groups is 1. The van der Waals surface area contributed by atoms with Crippen LogP contribution in [0.15, 0.2) is 42.5 Å². The van der Waals surface area contributed by atoms with Gasteiger partial charge in [-0.05, 0) is 50.1 Å². The number of rotatable bonds is 5. The van der Waals surface area contributed by atoms with Gasteiger partial charge >= 0.3 is 0 Å². The van der Waals surface area contributed by atoms with E-state index in [0.717, 1.165) is 33.0 Å². The van der Waals surface area contributed by atoms with Crippen molar-refractivity contribution in [1.82, 2.24) is 10.3 Å². The fraction of sp³-hybridized carbons (Fsp3) is 0.263. The molecule has 0 aliphatic carbocycles. The van der Waals surface area contributed by atoms with Crippen molar-refractivity contribution in [1.29, 1.82) is 0 Å². The Morgan fingerprint density at radius 2 is 2.08 bits per heavy atom. The molecule has 5 heteroatoms. The van der Waals surface area contributed by atoms with Crippen molar-refractivity contribution in [2.45, 2.75) is 26.3 Å². The lowest BCUT2D eigenvalue weighted by molar-refractivity contribution is 0.0940. The lowest BCUT2D eigenvalue weighted by Gasteiger charge is -2.16. The van der Waals surface area contributed by atoms with E-state index in [1.807, 2.05) is 56.3 Å². The van der Waals surface area contributed by atoms with Gasteiger partial charge in [0.05, 0.1) is 22.3 Å². The molecular weight excluding hydrogens is 320 g/mol. The number of para-hydroxylation sites is 1. The van der Waals surface area contributed by atoms with E-state index in [1.54, 1.807) is 18.4 Å². The highest BCUT2D eigenvalue weighted by Crippen LogP contribution is 2.23. The first kappa shape index (κ1) is 16.5. The molecule has 0 saturated carbocycles. The number of aromatic nitrogens is 1. The van der Waals surface area contributed by atoms with Crippen molar-refractivity contribution >= 4 is 27.5 Å². The van der Waals surface area contributed by atoms with Crippen LogP contribution >= 0.6 is 11.3 Å². The van der Waals surface area contributed by atoms with Crippen LogP contribution in [-0.2, 0) is 6.42 Å². The summed E-state index contributed by atoms with van der Waals surface area (Å²) in [6.45, 7) is 3.97. The highest BCUT2D eigenvalue weighted by Gasteiger charge is 2.13. The molecule has 24 heavy (non-hydrogen) atoms. The third-order valence-electron chi connectivity index (χ3n) is 3.85. The molecule has 1 amide bonds. The average Bonchev–Trinajstić information content (AvgIpc) is 2.94. The SMILES string of the molecule is COc1ccccc1C[C@H](C)NC(=O)c1ccc2nc(C)sc2c1. The monoisotopic (exact) mass is 340 g/mol. The van der Waals surface area contributed by atoms with E-state index in [-0.39, 0.29) is 11.9 Å². The maximum absolute atomic E-state index is 12.5. The Bertz CT molecular complexity index is 873. The summed E-state index contributed by atoms with van der Waals surface area (Å²) in [6.07, 6.45) is 0.720. The first-order chi connectivity index (χ1) is 11.6. The predicted octanol–water partition coefficient (Wildman–Crippen LogP) is 3.97. The van der Waals surface area contributed by atoms with Gasteiger partial charge in [-0.25, -0.2) is 4.98 Å². The molecule has 0 bridgehead atoms. The Morgan fingerprint density at radius 3 is 2.88 bits per heavy atom. The number of hydrogen-bond donors (Lipinski definition) is 1. The zero-order valence-electron chi connectivity index (χ0n) is 14.0. The van der Waals surface area contributed by atoms with Gasteiger partial charge in [0.15, 0.2) is 0 Å². The smallest absolute Gasteiger partial charge is 0.251 e. The van der Waals surface area contributed by atoms with Crippen molar-refractivity contribution in [3.63, 3.8) is 0 Å². The Balaban J connectivity index is 1.70. The van der Waals surface area contributed by atoms with Crippen LogP contribution in [0, 0.1) is 6.92 Å². The normalized spacial score (nSPS) is 12.1. The standard InChI is InChI=1S/C19H20N2O2S/c1-12(10-14-6-4-5-7-17(14)23-3)20-19(22)15-8-9-16-18(11-15)24-13(2)21-16/h4-9,11-12H,10H2,1-3H3,(H,20,22)/t12-/m0/s1. The second-order valence-corrected chi connectivity index (χ2v) is 7.04. The molecule has 3 aromatic rings. The number of ether oxygens (including phenoxy) is 1. The predicted molar refractivity (Wildman–Crippen MR) is 98.0 cm³/mol. The van der Waals surface area contributed by atoms with Crippen LogP contribution in [-0.4, -0.2) is 24.0 Å². The molecule has 0 spiro atoms. The molecule has 0 saturated heterocycles. The van der Waals surface area contributed by atoms with Crippen molar-refractivity contribution in [2.24, 2.45) is 0 Å². The first-order valence-electron chi connectivity index (χ1n) is 7.87. The Labute approximate surface area is 145 Å². The van der Waals surface area contributed by atoms with E-state index in [0.29, 0.717) is 5.56 Å². The summed E-state index contributed by atoms with van der Waals surface area (Å²) >= 11 is 1.60. The molecule has 124 valence electrons. The number of methoxy groups -OCH3 is 1. The fourth-order valence-electron chi connectivity index (χ4n) is 2.74. The molecule has 0 unspecified atom stereocenters. The molecule has 4 nitrogen and oxygen atoms in total. The van der Waals surface area contributed by atoms with Crippen LogP contribution in [0.1, 0.15) is 27.9 Å². The Morgan fingerprint density at radius 1 is 1.29 bits per heavy atom. The van der Waals surface area contributed by atoms with E-state index >= 15 is 0 Å². The molecule has 1 atom stereocenters. The van der Waals surface area contributed by atoms with Crippen LogP contribution in [0.4, 0.5) is 0 Å². The van der Waals surface area contributed by atoms with E-state index in [2.05, 4.69) is 10.3 Å². The molecule has 3 rings (SSSR count). The summed E-state index contributed by atoms with van der Waals surface area (Å²) < 4.78 is 6.41. The number of thiazole rings is 1. The van der Waals surface area contributed by atoms with Crippen LogP contribution in [0.3, 0.4) is 0 Å². The van der Waals surface area contributed by atoms with Gasteiger partial charge in [0, 0.05) is 11.6 Å². The van der Waals surface area contributed by atoms with Crippen LogP contribution in [0.5, 0.6) is 5.75 Å². The number of nitrogens with one attached hydrogen (secondary N) is 1. The number of benzene rings is 2. The van der Waals surface area contributed by atoms with Gasteiger partial charge in [-0.1, -0.05) is 18.2 Å². The van der Waals surface area contributed by atoms with E-state index in [9.17, 15) is 4.79 Å². The van der Waals surface area contributed by atoms with Gasteiger partial charge < -0.3 is 10.1 Å². The average molecular weight is 340 g/mol. The summed E-state index contributed by atoms with van der Waals surface area (Å²) in [6, 6.07) is 13.5. The number of hydrogen-bond acceptors (Lipinski definition) is 4. The van der Waals surface area contributed by atoms with Crippen molar-refractivity contribution in [3.05, 3.63) is 58.6 Å². The lowest BCUT2D eigenvalue weighted by atomic mass is 10.1. The second-order valence-electron chi connectivity index (χ2n) is 5.81. The number of amides is 1. The third kappa shape index (κ3) is 3.57. The van der Waals surface area contributed by atoms with Crippen LogP contribution < -0.4 is 10.1 Å². The summed E-state index contributed by atoms with van der Waals surface area (Å²) in [7, 11) is 1.66. The fourth-order valence-corrected chi connectivity index (χ4v) is 3.61. The zero-order valence-corrected chi connectivity index (χ0v) is 14.8. The second kappa shape index (κ2) is 7.01. The topological polar surface area (TPSA) is 51.2 Å². The highest BCUT2D eigenvalue weighted by molar-refractivity contribution is 7.18. The van der Waals surface area contributed by atoms with Gasteiger partial charge in [-0.3, -0.25) is 4.79 Å². The van der Waals surface area contributed by atoms with Gasteiger partial charge in [0.25, 0.3) is 5.91 Å². The molecule has 0 aliphatic rings. The quantitative estimate of drug-likeness (QED) is 0.764. The van der Waals surface area contributed by atoms with E-state index in [4.69, 9.17) is 4.74 Å². The largest absolute Gasteiger partial charge is 0.496 e. The minimum atomic E-state index is -0.0645. The van der Waals surface area contributed by atoms with E-state index < -0.39 is 0 Å². The lowest BCUT2D eigenvalue weighted by Crippen LogP contribution is -2.34. The molecule has 0 aliphatic heterocycles. The maximum atomic E-state index is 12.5. The third-order valence-corrected chi connectivity index (χ3v) is 4.79. The minimum absolute atomic E-state index is 0.00712. The summed E-state index contributed by atoms with van der Waals surface area (Å²) in [4.78, 5) is 16.9. The van der Waals surface area contributed by atoms with E-state index in [1.165, 1.54) is 0 Å². The molecule has 0 radical (unpaired) electrons. The number of aryl methyl sites for hydroxylation is 1. The Hall–Kier alpha value is -2.40. The van der Waals surface area contributed by atoms with Gasteiger partial charge in [0.2, 0.25) is 0 Å². The van der Waals surface area contributed by atoms with Crippen molar-refractivity contribution in [2.75, 3.05) is 7.11 Å². The molecular formula is C19H20N2O2S. The van der Waals surface area contributed by atoms with Gasteiger partial charge in [-0.2, -0.15) is 0 Å². The number of carbonyl (C=O) groups excluding carboxylic acids is 1. The Kier molecular flexibility index (Phi) is 4.81. The molecule has 1 N–H and O–H groups in total. The van der Waals surface area contributed by atoms with Crippen molar-refractivity contribution in [3.8, 4) is 5.75 Å². The maximum Gasteiger partial charge on any atom is 0.251 e. The molecule has 2 aromatic carbocycles. The van der Waals surface area contributed by atoms with Gasteiger partial charge in [-0.15, -0.1) is 11.3 Å². The van der Waals surface area contributed by atoms with Crippen LogP contribution in [0.2, 0.25) is 0 Å². The summed E-state index contributed by atoms with van der Waals surface area (Å²) in [5.41, 5.74) is 2.69. The van der Waals surface area contributed by atoms with Gasteiger partial charge in [0.1, 0.15) is 5.75 Å². The minimum Gasteiger partial charge on any atom is -0.496 e. The van der Waals surface area contributed by atoms with Crippen LogP contribution in [0.25, 0.3) is 10.2 Å². The first-order valence-corrected chi connectivity index (χ1v) is 8.68. The number of fused-ring (bicyclic) bond motifs is 1. The summed E-state index contributed by atoms with van der Waals surface area (Å²) in [5, 5.41) is 4.06. The van der Waals surface area contributed by atoms with Crippen molar-refractivity contribution < 1.29 is 9.53 Å². The molecule has 0 fully saturated rings. The number of nitrogens with zero attached hydrogens (tertiary/aromatic N) is 1. The summed E-state index contributed by atoms with van der Waals surface area (Å²) in [5.74, 6) is 0.783. The highest BCUT2D eigenvalue weighted by atomic mass is 32.1. The zero-order chi connectivity index (χ0) is 17.1. The molecule has 1 aromatic heterocycles.